The van der Waals surface area contributed by atoms with Crippen molar-refractivity contribution in [1.82, 2.24) is 20.4 Å². The first-order valence-corrected chi connectivity index (χ1v) is 7.29. The number of nitrogens with zero attached hydrogens (tertiary/aromatic N) is 3. The fourth-order valence-electron chi connectivity index (χ4n) is 2.08. The minimum absolute atomic E-state index is 0.0359. The molecule has 6 nitrogen and oxygen atoms in total. The van der Waals surface area contributed by atoms with Gasteiger partial charge in [-0.25, -0.2) is 0 Å². The first-order valence-electron chi connectivity index (χ1n) is 7.29. The summed E-state index contributed by atoms with van der Waals surface area (Å²) in [4.78, 5) is 20.0. The van der Waals surface area contributed by atoms with Gasteiger partial charge in [0.05, 0.1) is 0 Å². The summed E-state index contributed by atoms with van der Waals surface area (Å²) in [5.41, 5.74) is 1.12. The van der Waals surface area contributed by atoms with E-state index >= 15 is 0 Å². The third kappa shape index (κ3) is 4.11. The third-order valence-corrected chi connectivity index (χ3v) is 3.48. The lowest BCUT2D eigenvalue weighted by atomic mass is 10.1. The smallest absolute Gasteiger partial charge is 0.228 e. The molecule has 1 N–H and O–H groups in total. The Labute approximate surface area is 123 Å². The van der Waals surface area contributed by atoms with Crippen molar-refractivity contribution >= 4 is 5.91 Å². The summed E-state index contributed by atoms with van der Waals surface area (Å²) in [5, 5.41) is 6.82. The standard InChI is InChI=1S/C15H18N4O2/c20-13(4-1-11-5-8-16-9-6-11)17-10-7-14-18-15(19-21-14)12-2-3-12/h5-6,8-9,12H,1-4,7,10H2,(H,17,20). The average molecular weight is 286 g/mol. The summed E-state index contributed by atoms with van der Waals surface area (Å²) in [5.74, 6) is 1.95. The lowest BCUT2D eigenvalue weighted by molar-refractivity contribution is -0.121. The molecule has 0 spiro atoms. The number of hydrogen-bond donors (Lipinski definition) is 1. The Hall–Kier alpha value is -2.24. The topological polar surface area (TPSA) is 80.9 Å². The molecule has 1 amide bonds. The van der Waals surface area contributed by atoms with E-state index < -0.39 is 0 Å². The molecule has 1 saturated carbocycles. The Kier molecular flexibility index (Phi) is 4.23. The molecule has 1 aliphatic carbocycles. The zero-order valence-electron chi connectivity index (χ0n) is 11.8. The highest BCUT2D eigenvalue weighted by Crippen LogP contribution is 2.38. The van der Waals surface area contributed by atoms with Crippen LogP contribution in [0.1, 0.15) is 42.5 Å². The van der Waals surface area contributed by atoms with Gasteiger partial charge in [0.15, 0.2) is 5.82 Å². The van der Waals surface area contributed by atoms with Crippen LogP contribution in [-0.4, -0.2) is 27.6 Å². The number of rotatable bonds is 7. The molecule has 3 rings (SSSR count). The van der Waals surface area contributed by atoms with Crippen LogP contribution in [0.15, 0.2) is 29.0 Å². The van der Waals surface area contributed by atoms with Crippen LogP contribution in [-0.2, 0) is 17.6 Å². The molecule has 0 bridgehead atoms. The van der Waals surface area contributed by atoms with Crippen LogP contribution in [0.5, 0.6) is 0 Å². The molecule has 0 radical (unpaired) electrons. The highest BCUT2D eigenvalue weighted by atomic mass is 16.5. The van der Waals surface area contributed by atoms with Crippen molar-refractivity contribution in [3.63, 3.8) is 0 Å². The van der Waals surface area contributed by atoms with E-state index in [4.69, 9.17) is 4.52 Å². The highest BCUT2D eigenvalue weighted by Gasteiger charge is 2.28. The molecule has 0 aromatic carbocycles. The number of nitrogens with one attached hydrogen (secondary N) is 1. The number of aromatic nitrogens is 3. The van der Waals surface area contributed by atoms with Crippen molar-refractivity contribution in [2.75, 3.05) is 6.54 Å². The van der Waals surface area contributed by atoms with E-state index in [1.807, 2.05) is 12.1 Å². The van der Waals surface area contributed by atoms with E-state index in [1.165, 1.54) is 0 Å². The number of pyridine rings is 1. The van der Waals surface area contributed by atoms with Gasteiger partial charge in [-0.3, -0.25) is 9.78 Å². The van der Waals surface area contributed by atoms with Crippen molar-refractivity contribution in [3.05, 3.63) is 41.8 Å². The summed E-state index contributed by atoms with van der Waals surface area (Å²) >= 11 is 0. The molecule has 21 heavy (non-hydrogen) atoms. The second-order valence-corrected chi connectivity index (χ2v) is 5.28. The molecule has 2 aromatic heterocycles. The van der Waals surface area contributed by atoms with Crippen LogP contribution in [0, 0.1) is 0 Å². The van der Waals surface area contributed by atoms with Crippen molar-refractivity contribution in [2.24, 2.45) is 0 Å². The molecule has 0 atom stereocenters. The lowest BCUT2D eigenvalue weighted by Crippen LogP contribution is -2.25. The van der Waals surface area contributed by atoms with Crippen LogP contribution in [0.2, 0.25) is 0 Å². The second-order valence-electron chi connectivity index (χ2n) is 5.28. The molecule has 1 aliphatic rings. The number of hydrogen-bond acceptors (Lipinski definition) is 5. The largest absolute Gasteiger partial charge is 0.356 e. The predicted octanol–water partition coefficient (Wildman–Crippen LogP) is 1.63. The van der Waals surface area contributed by atoms with Gasteiger partial charge < -0.3 is 9.84 Å². The normalized spacial score (nSPS) is 14.1. The minimum atomic E-state index is 0.0359. The Balaban J connectivity index is 1.35. The van der Waals surface area contributed by atoms with Crippen molar-refractivity contribution in [3.8, 4) is 0 Å². The molecule has 2 heterocycles. The van der Waals surface area contributed by atoms with E-state index in [9.17, 15) is 4.79 Å². The van der Waals surface area contributed by atoms with Gasteiger partial charge in [0, 0.05) is 37.7 Å². The molecular formula is C15H18N4O2. The van der Waals surface area contributed by atoms with Crippen LogP contribution < -0.4 is 5.32 Å². The Morgan fingerprint density at radius 1 is 1.29 bits per heavy atom. The van der Waals surface area contributed by atoms with E-state index in [0.29, 0.717) is 31.2 Å². The van der Waals surface area contributed by atoms with E-state index in [1.54, 1.807) is 12.4 Å². The monoisotopic (exact) mass is 286 g/mol. The summed E-state index contributed by atoms with van der Waals surface area (Å²) in [6.45, 7) is 0.529. The van der Waals surface area contributed by atoms with Crippen LogP contribution in [0.25, 0.3) is 0 Å². The maximum Gasteiger partial charge on any atom is 0.228 e. The van der Waals surface area contributed by atoms with Crippen LogP contribution in [0.4, 0.5) is 0 Å². The van der Waals surface area contributed by atoms with Crippen molar-refractivity contribution < 1.29 is 9.32 Å². The number of aryl methyl sites for hydroxylation is 1. The third-order valence-electron chi connectivity index (χ3n) is 3.48. The van der Waals surface area contributed by atoms with Gasteiger partial charge in [-0.05, 0) is 37.0 Å². The summed E-state index contributed by atoms with van der Waals surface area (Å²) < 4.78 is 5.16. The Bertz CT molecular complexity index is 593. The van der Waals surface area contributed by atoms with Crippen molar-refractivity contribution in [2.45, 2.75) is 38.0 Å². The second kappa shape index (κ2) is 6.47. The number of amides is 1. The molecule has 0 unspecified atom stereocenters. The van der Waals surface area contributed by atoms with E-state index in [0.717, 1.165) is 30.7 Å². The Morgan fingerprint density at radius 3 is 2.86 bits per heavy atom. The lowest BCUT2D eigenvalue weighted by Gasteiger charge is -2.03. The molecule has 6 heteroatoms. The van der Waals surface area contributed by atoms with Crippen molar-refractivity contribution in [1.29, 1.82) is 0 Å². The zero-order chi connectivity index (χ0) is 14.5. The molecule has 1 fully saturated rings. The summed E-state index contributed by atoms with van der Waals surface area (Å²) in [6, 6.07) is 3.84. The predicted molar refractivity (Wildman–Crippen MR) is 75.5 cm³/mol. The van der Waals surface area contributed by atoms with Gasteiger partial charge in [-0.1, -0.05) is 5.16 Å². The molecular weight excluding hydrogens is 268 g/mol. The highest BCUT2D eigenvalue weighted by molar-refractivity contribution is 5.76. The van der Waals surface area contributed by atoms with Gasteiger partial charge in [-0.15, -0.1) is 0 Å². The maximum atomic E-state index is 11.7. The summed E-state index contributed by atoms with van der Waals surface area (Å²) in [6.07, 6.45) is 7.57. The summed E-state index contributed by atoms with van der Waals surface area (Å²) in [7, 11) is 0. The van der Waals surface area contributed by atoms with Gasteiger partial charge in [0.1, 0.15) is 0 Å². The van der Waals surface area contributed by atoms with E-state index in [-0.39, 0.29) is 5.91 Å². The Morgan fingerprint density at radius 2 is 2.10 bits per heavy atom. The number of carbonyl (C=O) groups is 1. The fourth-order valence-corrected chi connectivity index (χ4v) is 2.08. The van der Waals surface area contributed by atoms with E-state index in [2.05, 4.69) is 20.4 Å². The number of carbonyl (C=O) groups excluding carboxylic acids is 1. The van der Waals surface area contributed by atoms with Gasteiger partial charge >= 0.3 is 0 Å². The first kappa shape index (κ1) is 13.7. The quantitative estimate of drug-likeness (QED) is 0.836. The molecule has 0 saturated heterocycles. The van der Waals surface area contributed by atoms with Gasteiger partial charge in [0.25, 0.3) is 0 Å². The maximum absolute atomic E-state index is 11.7. The minimum Gasteiger partial charge on any atom is -0.356 e. The van der Waals surface area contributed by atoms with Gasteiger partial charge in [-0.2, -0.15) is 4.98 Å². The fraction of sp³-hybridized carbons (Fsp3) is 0.467. The zero-order valence-corrected chi connectivity index (χ0v) is 11.8. The first-order chi connectivity index (χ1) is 10.3. The van der Waals surface area contributed by atoms with Crippen LogP contribution in [0.3, 0.4) is 0 Å². The SMILES string of the molecule is O=C(CCc1ccncc1)NCCc1nc(C2CC2)no1. The van der Waals surface area contributed by atoms with Gasteiger partial charge in [0.2, 0.25) is 11.8 Å². The molecule has 110 valence electrons. The van der Waals surface area contributed by atoms with Crippen LogP contribution >= 0.6 is 0 Å². The molecule has 2 aromatic rings. The molecule has 0 aliphatic heterocycles. The average Bonchev–Trinajstić information content (AvgIpc) is 3.26.